The zero-order valence-electron chi connectivity index (χ0n) is 5.49. The Morgan fingerprint density at radius 2 is 1.90 bits per heavy atom. The zero-order chi connectivity index (χ0) is 7.19. The Morgan fingerprint density at radius 3 is 2.20 bits per heavy atom. The molecule has 1 atom stereocenters. The van der Waals surface area contributed by atoms with Crippen LogP contribution in [0.2, 0.25) is 0 Å². The number of hydrogen-bond donors (Lipinski definition) is 2. The molecule has 58 valence electrons. The van der Waals surface area contributed by atoms with Gasteiger partial charge in [0.05, 0.1) is 13.2 Å². The van der Waals surface area contributed by atoms with Crippen molar-refractivity contribution in [3.05, 3.63) is 0 Å². The van der Waals surface area contributed by atoms with E-state index in [4.69, 9.17) is 14.6 Å². The van der Waals surface area contributed by atoms with Crippen LogP contribution in [0.25, 0.3) is 0 Å². The van der Waals surface area contributed by atoms with Crippen molar-refractivity contribution in [3.8, 4) is 0 Å². The lowest BCUT2D eigenvalue weighted by molar-refractivity contribution is -0.326. The molecule has 3 rings (SSSR count). The smallest absolute Gasteiger partial charge is 0.183 e. The van der Waals surface area contributed by atoms with Gasteiger partial charge in [0.2, 0.25) is 0 Å². The quantitative estimate of drug-likeness (QED) is 0.453. The Balaban J connectivity index is 2.14. The van der Waals surface area contributed by atoms with Gasteiger partial charge in [0.15, 0.2) is 6.29 Å². The summed E-state index contributed by atoms with van der Waals surface area (Å²) in [6.07, 6.45) is -0.793. The predicted molar refractivity (Wildman–Crippen MR) is 31.3 cm³/mol. The summed E-state index contributed by atoms with van der Waals surface area (Å²) < 4.78 is 9.94. The highest BCUT2D eigenvalue weighted by molar-refractivity contribution is 4.91. The third-order valence-electron chi connectivity index (χ3n) is 1.94. The Labute approximate surface area is 58.4 Å². The number of rotatable bonds is 0. The maximum Gasteiger partial charge on any atom is 0.183 e. The molecule has 0 saturated carbocycles. The molecule has 2 bridgehead atoms. The second-order valence-electron chi connectivity index (χ2n) is 2.99. The second kappa shape index (κ2) is 1.92. The highest BCUT2D eigenvalue weighted by Crippen LogP contribution is 2.30. The molecule has 0 aromatic carbocycles. The normalized spacial score (nSPS) is 53.4. The first-order valence-electron chi connectivity index (χ1n) is 3.33. The van der Waals surface area contributed by atoms with Crippen LogP contribution in [0.3, 0.4) is 0 Å². The van der Waals surface area contributed by atoms with Gasteiger partial charge in [0.25, 0.3) is 0 Å². The molecule has 10 heavy (non-hydrogen) atoms. The fraction of sp³-hybridized carbons (Fsp3) is 1.00. The minimum absolute atomic E-state index is 0.286. The van der Waals surface area contributed by atoms with Crippen molar-refractivity contribution in [2.45, 2.75) is 24.4 Å². The van der Waals surface area contributed by atoms with E-state index < -0.39 is 18.0 Å². The molecule has 0 spiro atoms. The lowest BCUT2D eigenvalue weighted by Gasteiger charge is -2.44. The maximum absolute atomic E-state index is 9.48. The minimum atomic E-state index is -0.936. The van der Waals surface area contributed by atoms with Crippen LogP contribution in [0.15, 0.2) is 0 Å². The number of fused-ring (bicyclic) bond motifs is 3. The minimum Gasteiger partial charge on any atom is -0.388 e. The Morgan fingerprint density at radius 1 is 1.30 bits per heavy atom. The largest absolute Gasteiger partial charge is 0.388 e. The van der Waals surface area contributed by atoms with Crippen LogP contribution in [-0.4, -0.2) is 41.4 Å². The van der Waals surface area contributed by atoms with Crippen LogP contribution < -0.4 is 0 Å². The first-order valence-corrected chi connectivity index (χ1v) is 3.33. The van der Waals surface area contributed by atoms with Crippen molar-refractivity contribution < 1.29 is 19.7 Å². The summed E-state index contributed by atoms with van der Waals surface area (Å²) in [7, 11) is 0. The molecule has 3 aliphatic heterocycles. The molecule has 0 unspecified atom stereocenters. The molecular weight excluding hydrogens is 136 g/mol. The summed E-state index contributed by atoms with van der Waals surface area (Å²) in [4.78, 5) is 0. The molecule has 3 aliphatic rings. The van der Waals surface area contributed by atoms with Gasteiger partial charge in [-0.1, -0.05) is 0 Å². The van der Waals surface area contributed by atoms with Gasteiger partial charge in [-0.2, -0.15) is 0 Å². The molecule has 0 aromatic rings. The summed E-state index contributed by atoms with van der Waals surface area (Å²) in [6.45, 7) is 0.573. The van der Waals surface area contributed by atoms with Gasteiger partial charge >= 0.3 is 0 Å². The Kier molecular flexibility index (Phi) is 1.25. The molecule has 4 heteroatoms. The Hall–Kier alpha value is -0.160. The van der Waals surface area contributed by atoms with Gasteiger partial charge in [-0.25, -0.2) is 0 Å². The molecule has 3 saturated heterocycles. The monoisotopic (exact) mass is 146 g/mol. The van der Waals surface area contributed by atoms with E-state index >= 15 is 0 Å². The number of aliphatic hydroxyl groups is 2. The van der Waals surface area contributed by atoms with E-state index in [2.05, 4.69) is 0 Å². The summed E-state index contributed by atoms with van der Waals surface area (Å²) in [5.41, 5.74) is -0.936. The van der Waals surface area contributed by atoms with E-state index in [0.717, 1.165) is 0 Å². The summed E-state index contributed by atoms with van der Waals surface area (Å²) in [5.74, 6) is 0. The van der Waals surface area contributed by atoms with Gasteiger partial charge in [-0.05, 0) is 0 Å². The zero-order valence-corrected chi connectivity index (χ0v) is 5.49. The Bertz CT molecular complexity index is 139. The van der Waals surface area contributed by atoms with Crippen molar-refractivity contribution in [1.29, 1.82) is 0 Å². The van der Waals surface area contributed by atoms with E-state index in [9.17, 15) is 5.11 Å². The van der Waals surface area contributed by atoms with Crippen LogP contribution in [0.5, 0.6) is 0 Å². The highest BCUT2D eigenvalue weighted by Gasteiger charge is 2.46. The average Bonchev–Trinajstić information content (AvgIpc) is 1.87. The lowest BCUT2D eigenvalue weighted by Crippen LogP contribution is -2.59. The molecule has 0 aromatic heterocycles. The lowest BCUT2D eigenvalue weighted by atomic mass is 9.93. The molecule has 3 heterocycles. The van der Waals surface area contributed by atoms with Crippen molar-refractivity contribution in [1.82, 2.24) is 0 Å². The van der Waals surface area contributed by atoms with Crippen LogP contribution in [0.4, 0.5) is 0 Å². The number of ether oxygens (including phenoxy) is 2. The summed E-state index contributed by atoms with van der Waals surface area (Å²) in [6, 6.07) is 0. The third kappa shape index (κ3) is 0.845. The average molecular weight is 146 g/mol. The fourth-order valence-corrected chi connectivity index (χ4v) is 1.39. The van der Waals surface area contributed by atoms with E-state index in [0.29, 0.717) is 6.42 Å². The standard InChI is InChI=1S/C6H10O4/c7-4-1-6(8)2-9-5(4)10-3-6/h4-5,7-8H,1-3H2/t4-,5?,6?/m1/s1. The van der Waals surface area contributed by atoms with E-state index in [-0.39, 0.29) is 13.2 Å². The highest BCUT2D eigenvalue weighted by atomic mass is 16.7. The topological polar surface area (TPSA) is 58.9 Å². The number of hydrogen-bond acceptors (Lipinski definition) is 4. The van der Waals surface area contributed by atoms with E-state index in [1.807, 2.05) is 0 Å². The SMILES string of the molecule is O[C@@H]1CC2(O)COC1OC2. The van der Waals surface area contributed by atoms with Crippen molar-refractivity contribution in [2.75, 3.05) is 13.2 Å². The molecule has 2 N–H and O–H groups in total. The first kappa shape index (κ1) is 6.54. The molecular formula is C6H10O4. The van der Waals surface area contributed by atoms with Gasteiger partial charge < -0.3 is 19.7 Å². The van der Waals surface area contributed by atoms with Crippen molar-refractivity contribution in [2.24, 2.45) is 0 Å². The predicted octanol–water partition coefficient (Wildman–Crippen LogP) is -1.15. The van der Waals surface area contributed by atoms with Crippen LogP contribution >= 0.6 is 0 Å². The van der Waals surface area contributed by atoms with Crippen molar-refractivity contribution >= 4 is 0 Å². The first-order chi connectivity index (χ1) is 4.70. The van der Waals surface area contributed by atoms with Crippen molar-refractivity contribution in [3.63, 3.8) is 0 Å². The van der Waals surface area contributed by atoms with Crippen LogP contribution in [0, 0.1) is 0 Å². The second-order valence-corrected chi connectivity index (χ2v) is 2.99. The molecule has 0 radical (unpaired) electrons. The summed E-state index contributed by atoms with van der Waals surface area (Å²) in [5, 5.41) is 18.6. The van der Waals surface area contributed by atoms with Gasteiger partial charge in [-0.3, -0.25) is 0 Å². The molecule has 0 aliphatic carbocycles. The van der Waals surface area contributed by atoms with Gasteiger partial charge in [-0.15, -0.1) is 0 Å². The van der Waals surface area contributed by atoms with Crippen LogP contribution in [0.1, 0.15) is 6.42 Å². The third-order valence-corrected chi connectivity index (χ3v) is 1.94. The maximum atomic E-state index is 9.48. The van der Waals surface area contributed by atoms with Crippen LogP contribution in [-0.2, 0) is 9.47 Å². The van der Waals surface area contributed by atoms with E-state index in [1.165, 1.54) is 0 Å². The van der Waals surface area contributed by atoms with E-state index in [1.54, 1.807) is 0 Å². The van der Waals surface area contributed by atoms with Gasteiger partial charge in [0, 0.05) is 6.42 Å². The molecule has 3 fully saturated rings. The van der Waals surface area contributed by atoms with Gasteiger partial charge in [0.1, 0.15) is 11.7 Å². The molecule has 0 amide bonds. The fourth-order valence-electron chi connectivity index (χ4n) is 1.39. The number of aliphatic hydroxyl groups excluding tert-OH is 1. The summed E-state index contributed by atoms with van der Waals surface area (Å²) >= 11 is 0. The molecule has 4 nitrogen and oxygen atoms in total.